The summed E-state index contributed by atoms with van der Waals surface area (Å²) in [4.78, 5) is 15.7. The molecule has 5 heteroatoms. The Kier molecular flexibility index (Phi) is 3.43. The standard InChI is InChI=1S/C10H20N4O/c1-11-10(15)14-4-2-13(3-5-14)8-9-6-12-7-9/h9,12H,2-8H2,1H3,(H,11,15). The molecule has 15 heavy (non-hydrogen) atoms. The van der Waals surface area contributed by atoms with Crippen LogP contribution in [0.3, 0.4) is 0 Å². The van der Waals surface area contributed by atoms with E-state index >= 15 is 0 Å². The Morgan fingerprint density at radius 1 is 1.33 bits per heavy atom. The Morgan fingerprint density at radius 2 is 2.00 bits per heavy atom. The number of piperazine rings is 1. The third kappa shape index (κ3) is 2.60. The number of carbonyl (C=O) groups is 1. The van der Waals surface area contributed by atoms with Crippen LogP contribution in [0.15, 0.2) is 0 Å². The first-order valence-electron chi connectivity index (χ1n) is 5.69. The van der Waals surface area contributed by atoms with Gasteiger partial charge in [0.1, 0.15) is 0 Å². The molecule has 2 heterocycles. The van der Waals surface area contributed by atoms with Crippen molar-refractivity contribution >= 4 is 6.03 Å². The molecule has 5 nitrogen and oxygen atoms in total. The van der Waals surface area contributed by atoms with Crippen molar-refractivity contribution < 1.29 is 4.79 Å². The molecule has 0 saturated carbocycles. The molecular formula is C10H20N4O. The molecular weight excluding hydrogens is 192 g/mol. The highest BCUT2D eigenvalue weighted by Gasteiger charge is 2.24. The first-order chi connectivity index (χ1) is 7.29. The van der Waals surface area contributed by atoms with Crippen LogP contribution >= 0.6 is 0 Å². The minimum Gasteiger partial charge on any atom is -0.341 e. The lowest BCUT2D eigenvalue weighted by molar-refractivity contribution is 0.117. The van der Waals surface area contributed by atoms with Crippen LogP contribution in [0.1, 0.15) is 0 Å². The molecule has 2 aliphatic rings. The van der Waals surface area contributed by atoms with Crippen LogP contribution in [-0.4, -0.2) is 68.7 Å². The maximum Gasteiger partial charge on any atom is 0.317 e. The van der Waals surface area contributed by atoms with Crippen molar-refractivity contribution in [2.45, 2.75) is 0 Å². The number of nitrogens with zero attached hydrogens (tertiary/aromatic N) is 2. The Balaban J connectivity index is 1.69. The van der Waals surface area contributed by atoms with Crippen molar-refractivity contribution in [1.29, 1.82) is 0 Å². The third-order valence-electron chi connectivity index (χ3n) is 3.26. The van der Waals surface area contributed by atoms with Crippen molar-refractivity contribution in [2.75, 3.05) is 52.9 Å². The fraction of sp³-hybridized carbons (Fsp3) is 0.900. The quantitative estimate of drug-likeness (QED) is 0.627. The van der Waals surface area contributed by atoms with E-state index in [2.05, 4.69) is 15.5 Å². The molecule has 2 N–H and O–H groups in total. The fourth-order valence-electron chi connectivity index (χ4n) is 2.13. The monoisotopic (exact) mass is 212 g/mol. The van der Waals surface area contributed by atoms with Gasteiger partial charge < -0.3 is 15.5 Å². The predicted molar refractivity (Wildman–Crippen MR) is 58.8 cm³/mol. The van der Waals surface area contributed by atoms with Crippen molar-refractivity contribution in [1.82, 2.24) is 20.4 Å². The van der Waals surface area contributed by atoms with Crippen molar-refractivity contribution in [3.8, 4) is 0 Å². The van der Waals surface area contributed by atoms with Gasteiger partial charge in [0.15, 0.2) is 0 Å². The van der Waals surface area contributed by atoms with Gasteiger partial charge in [-0.3, -0.25) is 4.90 Å². The van der Waals surface area contributed by atoms with E-state index in [0.29, 0.717) is 0 Å². The van der Waals surface area contributed by atoms with Gasteiger partial charge in [-0.2, -0.15) is 0 Å². The van der Waals surface area contributed by atoms with Gasteiger partial charge in [-0.05, 0) is 5.92 Å². The van der Waals surface area contributed by atoms with Gasteiger partial charge in [-0.15, -0.1) is 0 Å². The lowest BCUT2D eigenvalue weighted by Gasteiger charge is -2.38. The average molecular weight is 212 g/mol. The Hall–Kier alpha value is -0.810. The molecule has 0 aromatic rings. The Morgan fingerprint density at radius 3 is 2.47 bits per heavy atom. The topological polar surface area (TPSA) is 47.6 Å². The van der Waals surface area contributed by atoms with E-state index in [9.17, 15) is 4.79 Å². The number of urea groups is 1. The molecule has 2 rings (SSSR count). The maximum absolute atomic E-state index is 11.3. The molecule has 0 bridgehead atoms. The van der Waals surface area contributed by atoms with E-state index in [1.165, 1.54) is 6.54 Å². The zero-order valence-electron chi connectivity index (χ0n) is 9.33. The molecule has 0 aromatic carbocycles. The van der Waals surface area contributed by atoms with Crippen LogP contribution in [0.2, 0.25) is 0 Å². The van der Waals surface area contributed by atoms with Crippen LogP contribution in [0, 0.1) is 5.92 Å². The lowest BCUT2D eigenvalue weighted by Crippen LogP contribution is -2.55. The lowest BCUT2D eigenvalue weighted by atomic mass is 10.0. The molecule has 0 atom stereocenters. The zero-order valence-corrected chi connectivity index (χ0v) is 9.33. The number of amides is 2. The molecule has 0 spiro atoms. The first-order valence-corrected chi connectivity index (χ1v) is 5.69. The molecule has 2 amide bonds. The summed E-state index contributed by atoms with van der Waals surface area (Å²) >= 11 is 0. The number of hydrogen-bond donors (Lipinski definition) is 2. The van der Waals surface area contributed by atoms with E-state index in [-0.39, 0.29) is 6.03 Å². The van der Waals surface area contributed by atoms with Crippen molar-refractivity contribution in [3.05, 3.63) is 0 Å². The summed E-state index contributed by atoms with van der Waals surface area (Å²) in [7, 11) is 1.69. The molecule has 2 aliphatic heterocycles. The van der Waals surface area contributed by atoms with Gasteiger partial charge in [0.2, 0.25) is 0 Å². The van der Waals surface area contributed by atoms with E-state index in [1.807, 2.05) is 4.90 Å². The maximum atomic E-state index is 11.3. The van der Waals surface area contributed by atoms with Crippen molar-refractivity contribution in [2.24, 2.45) is 5.92 Å². The molecule has 0 aliphatic carbocycles. The number of rotatable bonds is 2. The van der Waals surface area contributed by atoms with Crippen LogP contribution in [0.25, 0.3) is 0 Å². The first kappa shape index (κ1) is 10.7. The van der Waals surface area contributed by atoms with Crippen LogP contribution in [-0.2, 0) is 0 Å². The van der Waals surface area contributed by atoms with Gasteiger partial charge in [0, 0.05) is 52.9 Å². The van der Waals surface area contributed by atoms with Gasteiger partial charge in [0.05, 0.1) is 0 Å². The predicted octanol–water partition coefficient (Wildman–Crippen LogP) is -0.837. The molecule has 0 aromatic heterocycles. The van der Waals surface area contributed by atoms with E-state index in [4.69, 9.17) is 0 Å². The molecule has 0 radical (unpaired) electrons. The van der Waals surface area contributed by atoms with Crippen LogP contribution in [0.4, 0.5) is 4.79 Å². The van der Waals surface area contributed by atoms with Crippen LogP contribution < -0.4 is 10.6 Å². The summed E-state index contributed by atoms with van der Waals surface area (Å²) in [5.74, 6) is 0.830. The highest BCUT2D eigenvalue weighted by Crippen LogP contribution is 2.08. The minimum absolute atomic E-state index is 0.0555. The number of carbonyl (C=O) groups excluding carboxylic acids is 1. The highest BCUT2D eigenvalue weighted by atomic mass is 16.2. The fourth-order valence-corrected chi connectivity index (χ4v) is 2.13. The zero-order chi connectivity index (χ0) is 10.7. The summed E-state index contributed by atoms with van der Waals surface area (Å²) < 4.78 is 0. The van der Waals surface area contributed by atoms with E-state index in [1.54, 1.807) is 7.05 Å². The van der Waals surface area contributed by atoms with Gasteiger partial charge in [-0.25, -0.2) is 4.79 Å². The normalized spacial score (nSPS) is 23.7. The van der Waals surface area contributed by atoms with Gasteiger partial charge >= 0.3 is 6.03 Å². The second kappa shape index (κ2) is 4.81. The van der Waals surface area contributed by atoms with Crippen molar-refractivity contribution in [3.63, 3.8) is 0 Å². The molecule has 2 saturated heterocycles. The SMILES string of the molecule is CNC(=O)N1CCN(CC2CNC2)CC1. The van der Waals surface area contributed by atoms with Gasteiger partial charge in [0.25, 0.3) is 0 Å². The third-order valence-corrected chi connectivity index (χ3v) is 3.26. The second-order valence-electron chi connectivity index (χ2n) is 4.37. The second-order valence-corrected chi connectivity index (χ2v) is 4.37. The molecule has 2 fully saturated rings. The summed E-state index contributed by atoms with van der Waals surface area (Å²) in [5, 5.41) is 5.96. The Bertz CT molecular complexity index is 221. The van der Waals surface area contributed by atoms with E-state index < -0.39 is 0 Å². The summed E-state index contributed by atoms with van der Waals surface area (Å²) in [6.45, 7) is 7.27. The summed E-state index contributed by atoms with van der Waals surface area (Å²) in [5.41, 5.74) is 0. The van der Waals surface area contributed by atoms with Crippen LogP contribution in [0.5, 0.6) is 0 Å². The highest BCUT2D eigenvalue weighted by molar-refractivity contribution is 5.73. The molecule has 0 unspecified atom stereocenters. The smallest absolute Gasteiger partial charge is 0.317 e. The number of hydrogen-bond acceptors (Lipinski definition) is 3. The summed E-state index contributed by atoms with van der Waals surface area (Å²) in [6.07, 6.45) is 0. The largest absolute Gasteiger partial charge is 0.341 e. The summed E-state index contributed by atoms with van der Waals surface area (Å²) in [6, 6.07) is 0.0555. The minimum atomic E-state index is 0.0555. The Labute approximate surface area is 90.8 Å². The number of nitrogens with one attached hydrogen (secondary N) is 2. The van der Waals surface area contributed by atoms with E-state index in [0.717, 1.165) is 45.2 Å². The molecule has 86 valence electrons. The van der Waals surface area contributed by atoms with Gasteiger partial charge in [-0.1, -0.05) is 0 Å². The average Bonchev–Trinajstić information content (AvgIpc) is 2.23.